The number of ether oxygens (including phenoxy) is 2. The zero-order valence-corrected chi connectivity index (χ0v) is 7.25. The van der Waals surface area contributed by atoms with Crippen LogP contribution in [0.25, 0.3) is 0 Å². The Labute approximate surface area is 68.2 Å². The summed E-state index contributed by atoms with van der Waals surface area (Å²) in [5, 5.41) is 0. The topological polar surface area (TPSA) is 18.5 Å². The monoisotopic (exact) mass is 156 g/mol. The molecule has 0 spiro atoms. The molecule has 1 rings (SSSR count). The molecular weight excluding hydrogens is 140 g/mol. The third kappa shape index (κ3) is 2.54. The van der Waals surface area contributed by atoms with Crippen LogP contribution in [0.5, 0.6) is 0 Å². The van der Waals surface area contributed by atoms with Crippen LogP contribution >= 0.6 is 0 Å². The summed E-state index contributed by atoms with van der Waals surface area (Å²) in [6, 6.07) is 0. The Morgan fingerprint density at radius 2 is 2.36 bits per heavy atom. The Hall–Kier alpha value is -0.500. The summed E-state index contributed by atoms with van der Waals surface area (Å²) < 4.78 is 10.6. The molecule has 0 amide bonds. The normalized spacial score (nSPS) is 30.0. The minimum atomic E-state index is -0.00468. The summed E-state index contributed by atoms with van der Waals surface area (Å²) in [5.74, 6) is 0.639. The largest absolute Gasteiger partial charge is 0.473 e. The zero-order chi connectivity index (χ0) is 8.10. The van der Waals surface area contributed by atoms with E-state index in [0.717, 1.165) is 13.0 Å². The van der Waals surface area contributed by atoms with Gasteiger partial charge in [-0.15, -0.1) is 0 Å². The lowest BCUT2D eigenvalue weighted by atomic mass is 10.0. The van der Waals surface area contributed by atoms with Crippen LogP contribution in [0.4, 0.5) is 0 Å². The predicted molar refractivity (Wildman–Crippen MR) is 44.0 cm³/mol. The van der Waals surface area contributed by atoms with Gasteiger partial charge in [0.1, 0.15) is 0 Å². The summed E-state index contributed by atoms with van der Waals surface area (Å²) in [7, 11) is 0. The Balaban J connectivity index is 2.32. The van der Waals surface area contributed by atoms with Crippen LogP contribution in [0.1, 0.15) is 26.7 Å². The van der Waals surface area contributed by atoms with Crippen molar-refractivity contribution in [3.63, 3.8) is 0 Å². The van der Waals surface area contributed by atoms with Gasteiger partial charge in [-0.25, -0.2) is 0 Å². The van der Waals surface area contributed by atoms with Crippen molar-refractivity contribution in [1.29, 1.82) is 0 Å². The van der Waals surface area contributed by atoms with Crippen LogP contribution < -0.4 is 0 Å². The molecule has 1 heterocycles. The van der Waals surface area contributed by atoms with E-state index in [0.29, 0.717) is 5.92 Å². The molecule has 0 bridgehead atoms. The molecule has 0 aromatic heterocycles. The van der Waals surface area contributed by atoms with E-state index < -0.39 is 0 Å². The van der Waals surface area contributed by atoms with Gasteiger partial charge in [-0.2, -0.15) is 0 Å². The summed E-state index contributed by atoms with van der Waals surface area (Å²) in [4.78, 5) is 0. The summed E-state index contributed by atoms with van der Waals surface area (Å²) >= 11 is 0. The fraction of sp³-hybridized carbons (Fsp3) is 0.778. The lowest BCUT2D eigenvalue weighted by Crippen LogP contribution is -2.21. The van der Waals surface area contributed by atoms with Crippen molar-refractivity contribution in [3.05, 3.63) is 12.3 Å². The highest BCUT2D eigenvalue weighted by atomic mass is 16.7. The maximum absolute atomic E-state index is 5.34. The van der Waals surface area contributed by atoms with Gasteiger partial charge in [-0.1, -0.05) is 6.92 Å². The standard InChI is InChI=1S/C9H16O2/c1-3-8-5-6-11-9(7-8)10-4-2/h5-6,8-9H,3-4,7H2,1-2H3/t8-,9+/m1/s1. The average Bonchev–Trinajstić information content (AvgIpc) is 2.06. The van der Waals surface area contributed by atoms with Gasteiger partial charge in [-0.05, 0) is 25.3 Å². The first-order valence-electron chi connectivity index (χ1n) is 4.30. The van der Waals surface area contributed by atoms with Crippen molar-refractivity contribution in [2.24, 2.45) is 5.92 Å². The van der Waals surface area contributed by atoms with Crippen molar-refractivity contribution in [3.8, 4) is 0 Å². The van der Waals surface area contributed by atoms with Crippen LogP contribution in [0, 0.1) is 5.92 Å². The molecule has 0 unspecified atom stereocenters. The first-order valence-corrected chi connectivity index (χ1v) is 4.30. The minimum absolute atomic E-state index is 0.00468. The minimum Gasteiger partial charge on any atom is -0.473 e. The van der Waals surface area contributed by atoms with E-state index in [1.54, 1.807) is 6.26 Å². The van der Waals surface area contributed by atoms with Crippen LogP contribution in [-0.4, -0.2) is 12.9 Å². The van der Waals surface area contributed by atoms with Crippen molar-refractivity contribution in [2.45, 2.75) is 33.0 Å². The Morgan fingerprint density at radius 1 is 1.55 bits per heavy atom. The fourth-order valence-electron chi connectivity index (χ4n) is 1.22. The van der Waals surface area contributed by atoms with Gasteiger partial charge in [0.05, 0.1) is 6.26 Å². The van der Waals surface area contributed by atoms with E-state index in [1.807, 2.05) is 6.92 Å². The third-order valence-electron chi connectivity index (χ3n) is 1.95. The van der Waals surface area contributed by atoms with Crippen molar-refractivity contribution in [2.75, 3.05) is 6.61 Å². The van der Waals surface area contributed by atoms with Gasteiger partial charge in [0.15, 0.2) is 6.29 Å². The van der Waals surface area contributed by atoms with E-state index in [9.17, 15) is 0 Å². The first kappa shape index (κ1) is 8.60. The summed E-state index contributed by atoms with van der Waals surface area (Å²) in [6.07, 6.45) is 6.03. The van der Waals surface area contributed by atoms with Gasteiger partial charge in [0, 0.05) is 13.0 Å². The molecule has 64 valence electrons. The lowest BCUT2D eigenvalue weighted by molar-refractivity contribution is -0.119. The molecule has 0 radical (unpaired) electrons. The second-order valence-corrected chi connectivity index (χ2v) is 2.75. The van der Waals surface area contributed by atoms with Crippen LogP contribution in [-0.2, 0) is 9.47 Å². The molecule has 0 saturated heterocycles. The van der Waals surface area contributed by atoms with Crippen LogP contribution in [0.15, 0.2) is 12.3 Å². The van der Waals surface area contributed by atoms with Crippen molar-refractivity contribution >= 4 is 0 Å². The quantitative estimate of drug-likeness (QED) is 0.624. The Morgan fingerprint density at radius 3 is 3.00 bits per heavy atom. The average molecular weight is 156 g/mol. The molecule has 11 heavy (non-hydrogen) atoms. The molecule has 1 aliphatic rings. The van der Waals surface area contributed by atoms with Gasteiger partial charge in [0.2, 0.25) is 0 Å². The molecular formula is C9H16O2. The van der Waals surface area contributed by atoms with Crippen molar-refractivity contribution in [1.82, 2.24) is 0 Å². The molecule has 2 nitrogen and oxygen atoms in total. The van der Waals surface area contributed by atoms with Gasteiger partial charge in [-0.3, -0.25) is 0 Å². The Bertz CT molecular complexity index is 132. The maximum Gasteiger partial charge on any atom is 0.199 e. The van der Waals surface area contributed by atoms with E-state index in [1.165, 1.54) is 6.42 Å². The molecule has 1 aliphatic heterocycles. The highest BCUT2D eigenvalue weighted by Gasteiger charge is 2.17. The molecule has 0 aromatic carbocycles. The SMILES string of the molecule is CCO[C@@H]1C[C@H](CC)C=CO1. The number of hydrogen-bond acceptors (Lipinski definition) is 2. The second kappa shape index (κ2) is 4.39. The highest BCUT2D eigenvalue weighted by molar-refractivity contribution is 4.87. The van der Waals surface area contributed by atoms with E-state index in [4.69, 9.17) is 9.47 Å². The van der Waals surface area contributed by atoms with E-state index >= 15 is 0 Å². The molecule has 0 aromatic rings. The molecule has 0 fully saturated rings. The zero-order valence-electron chi connectivity index (χ0n) is 7.25. The van der Waals surface area contributed by atoms with Crippen LogP contribution in [0.2, 0.25) is 0 Å². The lowest BCUT2D eigenvalue weighted by Gasteiger charge is -2.24. The number of rotatable bonds is 3. The number of allylic oxidation sites excluding steroid dienone is 1. The van der Waals surface area contributed by atoms with Gasteiger partial charge in [0.25, 0.3) is 0 Å². The van der Waals surface area contributed by atoms with Crippen molar-refractivity contribution < 1.29 is 9.47 Å². The Kier molecular flexibility index (Phi) is 3.43. The first-order chi connectivity index (χ1) is 5.36. The van der Waals surface area contributed by atoms with E-state index in [2.05, 4.69) is 13.0 Å². The summed E-state index contributed by atoms with van der Waals surface area (Å²) in [5.41, 5.74) is 0. The van der Waals surface area contributed by atoms with Gasteiger partial charge < -0.3 is 9.47 Å². The molecule has 2 atom stereocenters. The molecule has 0 saturated carbocycles. The fourth-order valence-corrected chi connectivity index (χ4v) is 1.22. The summed E-state index contributed by atoms with van der Waals surface area (Å²) in [6.45, 7) is 4.90. The smallest absolute Gasteiger partial charge is 0.199 e. The third-order valence-corrected chi connectivity index (χ3v) is 1.95. The highest BCUT2D eigenvalue weighted by Crippen LogP contribution is 2.20. The predicted octanol–water partition coefficient (Wildman–Crippen LogP) is 2.31. The molecule has 0 N–H and O–H groups in total. The molecule has 2 heteroatoms. The maximum atomic E-state index is 5.34. The van der Waals surface area contributed by atoms with E-state index in [-0.39, 0.29) is 6.29 Å². The van der Waals surface area contributed by atoms with Crippen LogP contribution in [0.3, 0.4) is 0 Å². The molecule has 0 aliphatic carbocycles. The van der Waals surface area contributed by atoms with Gasteiger partial charge >= 0.3 is 0 Å². The number of hydrogen-bond donors (Lipinski definition) is 0. The second-order valence-electron chi connectivity index (χ2n) is 2.75.